The minimum Gasteiger partial charge on any atom is -0.495 e. The highest BCUT2D eigenvalue weighted by Gasteiger charge is 2.26. The van der Waals surface area contributed by atoms with E-state index in [2.05, 4.69) is 9.97 Å². The fraction of sp³-hybridized carbons (Fsp3) is 0.200. The van der Waals surface area contributed by atoms with Crippen LogP contribution in [0, 0.1) is 0 Å². The van der Waals surface area contributed by atoms with Crippen molar-refractivity contribution in [2.45, 2.75) is 13.2 Å². The number of nitrogen functional groups attached to an aromatic ring is 2. The summed E-state index contributed by atoms with van der Waals surface area (Å²) in [6, 6.07) is 5.60. The van der Waals surface area contributed by atoms with Crippen molar-refractivity contribution in [3.63, 3.8) is 0 Å². The maximum absolute atomic E-state index is 6.09. The van der Waals surface area contributed by atoms with Crippen LogP contribution in [0.25, 0.3) is 16.7 Å². The van der Waals surface area contributed by atoms with Gasteiger partial charge in [0, 0.05) is 17.3 Å². The van der Waals surface area contributed by atoms with E-state index in [-0.39, 0.29) is 0 Å². The normalized spacial score (nSPS) is 13.5. The van der Waals surface area contributed by atoms with E-state index >= 15 is 0 Å². The maximum atomic E-state index is 6.09. The third-order valence-corrected chi connectivity index (χ3v) is 3.94. The van der Waals surface area contributed by atoms with E-state index in [0.717, 1.165) is 28.0 Å². The number of nitrogens with two attached hydrogens (primary N) is 2. The summed E-state index contributed by atoms with van der Waals surface area (Å²) in [5.74, 6) is 1.05. The lowest BCUT2D eigenvalue weighted by Gasteiger charge is -2.12. The first kappa shape index (κ1) is 12.9. The molecule has 1 aromatic carbocycles. The Kier molecular flexibility index (Phi) is 2.70. The van der Waals surface area contributed by atoms with Gasteiger partial charge in [0.15, 0.2) is 5.82 Å². The molecule has 3 aromatic rings. The molecule has 0 atom stereocenters. The molecule has 4 rings (SSSR count). The second-order valence-electron chi connectivity index (χ2n) is 5.14. The second-order valence-corrected chi connectivity index (χ2v) is 5.14. The molecule has 0 spiro atoms. The summed E-state index contributed by atoms with van der Waals surface area (Å²) < 4.78 is 12.9. The van der Waals surface area contributed by atoms with Crippen LogP contribution in [0.1, 0.15) is 11.3 Å². The van der Waals surface area contributed by atoms with E-state index in [1.807, 2.05) is 22.8 Å². The van der Waals surface area contributed by atoms with Crippen molar-refractivity contribution in [2.75, 3.05) is 18.6 Å². The molecule has 22 heavy (non-hydrogen) atoms. The van der Waals surface area contributed by atoms with Gasteiger partial charge >= 0.3 is 0 Å². The summed E-state index contributed by atoms with van der Waals surface area (Å²) in [6.45, 7) is 1.04. The highest BCUT2D eigenvalue weighted by atomic mass is 16.5. The Labute approximate surface area is 126 Å². The average molecular weight is 297 g/mol. The van der Waals surface area contributed by atoms with Crippen LogP contribution in [0.5, 0.6) is 5.75 Å². The monoisotopic (exact) mass is 297 g/mol. The number of methoxy groups -OCH3 is 1. The largest absolute Gasteiger partial charge is 0.495 e. The third kappa shape index (κ3) is 1.66. The van der Waals surface area contributed by atoms with Crippen molar-refractivity contribution in [1.82, 2.24) is 14.5 Å². The van der Waals surface area contributed by atoms with E-state index < -0.39 is 0 Å². The van der Waals surface area contributed by atoms with E-state index in [1.165, 1.54) is 6.33 Å². The molecule has 0 fully saturated rings. The molecule has 0 radical (unpaired) electrons. The molecule has 0 amide bonds. The number of hydrogen-bond donors (Lipinski definition) is 2. The Hall–Kier alpha value is -2.80. The second kappa shape index (κ2) is 4.60. The van der Waals surface area contributed by atoms with Crippen LogP contribution in [0.15, 0.2) is 24.5 Å². The fourth-order valence-electron chi connectivity index (χ4n) is 2.92. The fourth-order valence-corrected chi connectivity index (χ4v) is 2.92. The molecule has 2 aromatic heterocycles. The van der Waals surface area contributed by atoms with Crippen molar-refractivity contribution in [1.29, 1.82) is 0 Å². The first-order valence-corrected chi connectivity index (χ1v) is 6.85. The number of nitrogens with zero attached hydrogens (tertiary/aromatic N) is 3. The number of anilines is 2. The molecule has 0 unspecified atom stereocenters. The van der Waals surface area contributed by atoms with Crippen LogP contribution in [0.4, 0.5) is 11.5 Å². The first-order valence-electron chi connectivity index (χ1n) is 6.85. The van der Waals surface area contributed by atoms with Gasteiger partial charge in [-0.15, -0.1) is 0 Å². The van der Waals surface area contributed by atoms with Crippen LogP contribution in [-0.2, 0) is 18.0 Å². The Morgan fingerprint density at radius 2 is 2.09 bits per heavy atom. The lowest BCUT2D eigenvalue weighted by Crippen LogP contribution is -2.04. The summed E-state index contributed by atoms with van der Waals surface area (Å²) >= 11 is 0. The number of benzene rings is 1. The Bertz CT molecular complexity index is 887. The minimum atomic E-state index is 0.440. The molecule has 7 heteroatoms. The van der Waals surface area contributed by atoms with Crippen molar-refractivity contribution in [2.24, 2.45) is 0 Å². The number of rotatable bonds is 2. The quantitative estimate of drug-likeness (QED) is 0.697. The standard InChI is InChI=1S/C15H15N5O2/c1-21-12-4-8(2-3-10(12)16)20-11-6-22-5-9(11)13-14(20)15(17)19-7-18-13/h2-4,7H,5-6,16H2,1H3,(H2,17,18,19). The molecular weight excluding hydrogens is 282 g/mol. The summed E-state index contributed by atoms with van der Waals surface area (Å²) in [4.78, 5) is 8.49. The van der Waals surface area contributed by atoms with Crippen molar-refractivity contribution in [3.8, 4) is 11.4 Å². The molecule has 3 heterocycles. The molecule has 1 aliphatic rings. The van der Waals surface area contributed by atoms with Gasteiger partial charge in [0.05, 0.1) is 31.7 Å². The zero-order valence-electron chi connectivity index (χ0n) is 12.0. The first-order chi connectivity index (χ1) is 10.7. The molecular formula is C15H15N5O2. The van der Waals surface area contributed by atoms with Crippen molar-refractivity contribution in [3.05, 3.63) is 35.8 Å². The van der Waals surface area contributed by atoms with Gasteiger partial charge in [0.1, 0.15) is 23.1 Å². The predicted molar refractivity (Wildman–Crippen MR) is 82.7 cm³/mol. The Morgan fingerprint density at radius 1 is 1.23 bits per heavy atom. The zero-order chi connectivity index (χ0) is 15.3. The topological polar surface area (TPSA) is 101 Å². The summed E-state index contributed by atoms with van der Waals surface area (Å²) in [5, 5.41) is 0. The van der Waals surface area contributed by atoms with Gasteiger partial charge in [0.25, 0.3) is 0 Å². The van der Waals surface area contributed by atoms with Gasteiger partial charge in [-0.1, -0.05) is 0 Å². The van der Waals surface area contributed by atoms with Crippen molar-refractivity contribution >= 4 is 22.5 Å². The lowest BCUT2D eigenvalue weighted by molar-refractivity contribution is 0.132. The number of hydrogen-bond acceptors (Lipinski definition) is 6. The average Bonchev–Trinajstić information content (AvgIpc) is 3.09. The predicted octanol–water partition coefficient (Wildman–Crippen LogP) is 1.62. The summed E-state index contributed by atoms with van der Waals surface area (Å²) in [5.41, 5.74) is 17.2. The summed E-state index contributed by atoms with van der Waals surface area (Å²) in [6.07, 6.45) is 1.48. The Morgan fingerprint density at radius 3 is 2.91 bits per heavy atom. The molecule has 0 saturated heterocycles. The minimum absolute atomic E-state index is 0.440. The molecule has 4 N–H and O–H groups in total. The summed E-state index contributed by atoms with van der Waals surface area (Å²) in [7, 11) is 1.59. The number of fused-ring (bicyclic) bond motifs is 3. The van der Waals surface area contributed by atoms with E-state index in [9.17, 15) is 0 Å². The number of aromatic nitrogens is 3. The smallest absolute Gasteiger partial charge is 0.151 e. The molecule has 1 aliphatic heterocycles. The highest BCUT2D eigenvalue weighted by molar-refractivity contribution is 5.91. The van der Waals surface area contributed by atoms with Gasteiger partial charge in [-0.2, -0.15) is 0 Å². The van der Waals surface area contributed by atoms with E-state index in [0.29, 0.717) is 30.5 Å². The SMILES string of the molecule is COc1cc(-n2c3c(c4ncnc(N)c42)COC3)ccc1N. The highest BCUT2D eigenvalue weighted by Crippen LogP contribution is 2.36. The van der Waals surface area contributed by atoms with Crippen LogP contribution in [0.3, 0.4) is 0 Å². The maximum Gasteiger partial charge on any atom is 0.151 e. The van der Waals surface area contributed by atoms with E-state index in [1.54, 1.807) is 7.11 Å². The lowest BCUT2D eigenvalue weighted by atomic mass is 10.2. The van der Waals surface area contributed by atoms with Gasteiger partial charge in [-0.05, 0) is 12.1 Å². The van der Waals surface area contributed by atoms with Gasteiger partial charge < -0.3 is 25.5 Å². The van der Waals surface area contributed by atoms with Crippen LogP contribution >= 0.6 is 0 Å². The van der Waals surface area contributed by atoms with Crippen LogP contribution in [-0.4, -0.2) is 21.6 Å². The van der Waals surface area contributed by atoms with Crippen LogP contribution < -0.4 is 16.2 Å². The molecule has 0 aliphatic carbocycles. The number of ether oxygens (including phenoxy) is 2. The van der Waals surface area contributed by atoms with Gasteiger partial charge in [-0.25, -0.2) is 9.97 Å². The third-order valence-electron chi connectivity index (χ3n) is 3.94. The van der Waals surface area contributed by atoms with E-state index in [4.69, 9.17) is 20.9 Å². The van der Waals surface area contributed by atoms with Gasteiger partial charge in [-0.3, -0.25) is 0 Å². The van der Waals surface area contributed by atoms with Gasteiger partial charge in [0.2, 0.25) is 0 Å². The van der Waals surface area contributed by atoms with Crippen molar-refractivity contribution < 1.29 is 9.47 Å². The molecule has 0 saturated carbocycles. The zero-order valence-corrected chi connectivity index (χ0v) is 12.0. The molecule has 7 nitrogen and oxygen atoms in total. The molecule has 112 valence electrons. The van der Waals surface area contributed by atoms with Crippen LogP contribution in [0.2, 0.25) is 0 Å². The Balaban J connectivity index is 2.07. The molecule has 0 bridgehead atoms.